The molecule has 5 nitrogen and oxygen atoms in total. The van der Waals surface area contributed by atoms with Crippen LogP contribution in [0.3, 0.4) is 0 Å². The van der Waals surface area contributed by atoms with Crippen molar-refractivity contribution in [3.05, 3.63) is 48.0 Å². The fourth-order valence-electron chi connectivity index (χ4n) is 2.67. The van der Waals surface area contributed by atoms with E-state index in [9.17, 15) is 9.59 Å². The van der Waals surface area contributed by atoms with Crippen LogP contribution < -0.4 is 10.2 Å². The van der Waals surface area contributed by atoms with Crippen LogP contribution in [0.2, 0.25) is 0 Å². The van der Waals surface area contributed by atoms with Gasteiger partial charge in [0.2, 0.25) is 0 Å². The van der Waals surface area contributed by atoms with Gasteiger partial charge in [-0.15, -0.1) is 0 Å². The van der Waals surface area contributed by atoms with E-state index in [0.717, 1.165) is 16.7 Å². The molecule has 0 unspecified atom stereocenters. The van der Waals surface area contributed by atoms with E-state index < -0.39 is 5.92 Å². The number of Topliss-reactive ketones (excluding diaryl/α,β-unsaturated/α-hetero) is 2. The third-order valence-electron chi connectivity index (χ3n) is 3.99. The van der Waals surface area contributed by atoms with Gasteiger partial charge in [0.05, 0.1) is 18.7 Å². The Balaban J connectivity index is 2.44. The quantitative estimate of drug-likeness (QED) is 0.601. The van der Waals surface area contributed by atoms with Crippen molar-refractivity contribution in [2.45, 2.75) is 20.3 Å². The monoisotopic (exact) mass is 327 g/mol. The molecule has 0 fully saturated rings. The van der Waals surface area contributed by atoms with Crippen LogP contribution in [0, 0.1) is 5.92 Å². The molecule has 0 amide bonds. The van der Waals surface area contributed by atoms with Gasteiger partial charge in [-0.3, -0.25) is 20.3 Å². The molecule has 2 aromatic rings. The first-order valence-corrected chi connectivity index (χ1v) is 7.64. The number of methoxy groups -OCH3 is 1. The molecule has 24 heavy (non-hydrogen) atoms. The standard InChI is InChI=1S/C19H21NO4/c1-12(21)17(13(2)22)9-14-7-8-19(24-3)18(10-14)15-5-4-6-16(11-15)20-23/h4-8,10-11,17,20,23H,9H2,1-3H3. The molecule has 2 rings (SSSR count). The molecule has 0 atom stereocenters. The lowest BCUT2D eigenvalue weighted by molar-refractivity contribution is -0.130. The Kier molecular flexibility index (Phi) is 5.71. The summed E-state index contributed by atoms with van der Waals surface area (Å²) in [6, 6.07) is 12.8. The summed E-state index contributed by atoms with van der Waals surface area (Å²) >= 11 is 0. The van der Waals surface area contributed by atoms with E-state index in [0.29, 0.717) is 17.9 Å². The zero-order valence-electron chi connectivity index (χ0n) is 14.0. The molecule has 0 aliphatic heterocycles. The average molecular weight is 327 g/mol. The van der Waals surface area contributed by atoms with Gasteiger partial charge in [-0.2, -0.15) is 0 Å². The van der Waals surface area contributed by atoms with Gasteiger partial charge >= 0.3 is 0 Å². The number of hydrogen-bond acceptors (Lipinski definition) is 5. The van der Waals surface area contributed by atoms with Crippen LogP contribution >= 0.6 is 0 Å². The molecular formula is C19H21NO4. The number of ether oxygens (including phenoxy) is 1. The van der Waals surface area contributed by atoms with Crippen molar-refractivity contribution in [1.82, 2.24) is 0 Å². The number of carbonyl (C=O) groups is 2. The van der Waals surface area contributed by atoms with Crippen molar-refractivity contribution in [1.29, 1.82) is 0 Å². The Labute approximate surface area is 141 Å². The second-order valence-corrected chi connectivity index (χ2v) is 5.71. The van der Waals surface area contributed by atoms with Gasteiger partial charge < -0.3 is 4.74 Å². The lowest BCUT2D eigenvalue weighted by atomic mass is 9.91. The first kappa shape index (κ1) is 17.7. The maximum Gasteiger partial charge on any atom is 0.140 e. The summed E-state index contributed by atoms with van der Waals surface area (Å²) in [5.41, 5.74) is 5.25. The number of nitrogens with one attached hydrogen (secondary N) is 1. The minimum Gasteiger partial charge on any atom is -0.496 e. The lowest BCUT2D eigenvalue weighted by Gasteiger charge is -2.14. The number of benzene rings is 2. The first-order chi connectivity index (χ1) is 11.5. The molecular weight excluding hydrogens is 306 g/mol. The normalized spacial score (nSPS) is 10.5. The summed E-state index contributed by atoms with van der Waals surface area (Å²) in [6.45, 7) is 2.87. The summed E-state index contributed by atoms with van der Waals surface area (Å²) in [5.74, 6) is -0.217. The summed E-state index contributed by atoms with van der Waals surface area (Å²) in [6.07, 6.45) is 0.361. The Morgan fingerprint density at radius 3 is 2.42 bits per heavy atom. The Hall–Kier alpha value is -2.66. The maximum atomic E-state index is 11.7. The number of anilines is 1. The highest BCUT2D eigenvalue weighted by Gasteiger charge is 2.20. The summed E-state index contributed by atoms with van der Waals surface area (Å²) < 4.78 is 5.41. The van der Waals surface area contributed by atoms with E-state index in [1.165, 1.54) is 13.8 Å². The molecule has 0 aliphatic carbocycles. The van der Waals surface area contributed by atoms with Gasteiger partial charge in [0, 0.05) is 5.56 Å². The SMILES string of the molecule is COc1ccc(CC(C(C)=O)C(C)=O)cc1-c1cccc(NO)c1. The third kappa shape index (κ3) is 4.00. The molecule has 0 saturated heterocycles. The van der Waals surface area contributed by atoms with E-state index in [1.807, 2.05) is 30.3 Å². The highest BCUT2D eigenvalue weighted by molar-refractivity contribution is 6.00. The highest BCUT2D eigenvalue weighted by Crippen LogP contribution is 2.33. The molecule has 5 heteroatoms. The Morgan fingerprint density at radius 1 is 1.12 bits per heavy atom. The molecule has 2 aromatic carbocycles. The van der Waals surface area contributed by atoms with Crippen LogP contribution in [0.4, 0.5) is 5.69 Å². The minimum absolute atomic E-state index is 0.133. The highest BCUT2D eigenvalue weighted by atomic mass is 16.5. The van der Waals surface area contributed by atoms with Crippen molar-refractivity contribution >= 4 is 17.3 Å². The zero-order chi connectivity index (χ0) is 17.7. The second-order valence-electron chi connectivity index (χ2n) is 5.71. The van der Waals surface area contributed by atoms with E-state index in [2.05, 4.69) is 5.48 Å². The lowest BCUT2D eigenvalue weighted by Crippen LogP contribution is -2.21. The van der Waals surface area contributed by atoms with Gasteiger partial charge in [0.25, 0.3) is 0 Å². The second kappa shape index (κ2) is 7.75. The number of ketones is 2. The number of rotatable bonds is 7. The Bertz CT molecular complexity index is 741. The topological polar surface area (TPSA) is 75.6 Å². The number of hydrogen-bond donors (Lipinski definition) is 2. The summed E-state index contributed by atoms with van der Waals surface area (Å²) in [5, 5.41) is 9.07. The van der Waals surface area contributed by atoms with Crippen LogP contribution in [0.25, 0.3) is 11.1 Å². The van der Waals surface area contributed by atoms with Gasteiger partial charge in [0.1, 0.15) is 17.3 Å². The van der Waals surface area contributed by atoms with Crippen LogP contribution in [-0.4, -0.2) is 23.9 Å². The average Bonchev–Trinajstić information content (AvgIpc) is 2.58. The van der Waals surface area contributed by atoms with Crippen LogP contribution in [0.1, 0.15) is 19.4 Å². The Morgan fingerprint density at radius 2 is 1.83 bits per heavy atom. The van der Waals surface area contributed by atoms with Crippen molar-refractivity contribution < 1.29 is 19.5 Å². The first-order valence-electron chi connectivity index (χ1n) is 7.64. The fraction of sp³-hybridized carbons (Fsp3) is 0.263. The molecule has 0 radical (unpaired) electrons. The van der Waals surface area contributed by atoms with Gasteiger partial charge in [0.15, 0.2) is 0 Å². The fourth-order valence-corrected chi connectivity index (χ4v) is 2.67. The van der Waals surface area contributed by atoms with Gasteiger partial charge in [-0.25, -0.2) is 0 Å². The molecule has 0 saturated carbocycles. The molecule has 0 heterocycles. The molecule has 0 aromatic heterocycles. The predicted octanol–water partition coefficient (Wildman–Crippen LogP) is 3.50. The molecule has 0 bridgehead atoms. The third-order valence-corrected chi connectivity index (χ3v) is 3.99. The van der Waals surface area contributed by atoms with Gasteiger partial charge in [-0.05, 0) is 55.7 Å². The van der Waals surface area contributed by atoms with Crippen molar-refractivity contribution in [2.75, 3.05) is 12.6 Å². The molecule has 2 N–H and O–H groups in total. The van der Waals surface area contributed by atoms with Crippen molar-refractivity contribution in [3.63, 3.8) is 0 Å². The molecule has 0 spiro atoms. The van der Waals surface area contributed by atoms with Crippen LogP contribution in [0.15, 0.2) is 42.5 Å². The summed E-state index contributed by atoms with van der Waals surface area (Å²) in [7, 11) is 1.58. The number of carbonyl (C=O) groups excluding carboxylic acids is 2. The summed E-state index contributed by atoms with van der Waals surface area (Å²) in [4.78, 5) is 23.3. The van der Waals surface area contributed by atoms with Crippen LogP contribution in [0.5, 0.6) is 5.75 Å². The van der Waals surface area contributed by atoms with Gasteiger partial charge in [-0.1, -0.05) is 18.2 Å². The van der Waals surface area contributed by atoms with E-state index in [-0.39, 0.29) is 11.6 Å². The largest absolute Gasteiger partial charge is 0.496 e. The van der Waals surface area contributed by atoms with Crippen molar-refractivity contribution in [2.24, 2.45) is 5.92 Å². The van der Waals surface area contributed by atoms with E-state index in [1.54, 1.807) is 19.2 Å². The smallest absolute Gasteiger partial charge is 0.140 e. The zero-order valence-corrected chi connectivity index (χ0v) is 14.0. The predicted molar refractivity (Wildman–Crippen MR) is 92.4 cm³/mol. The molecule has 0 aliphatic rings. The minimum atomic E-state index is -0.628. The van der Waals surface area contributed by atoms with Crippen LogP contribution in [-0.2, 0) is 16.0 Å². The van der Waals surface area contributed by atoms with E-state index >= 15 is 0 Å². The van der Waals surface area contributed by atoms with Crippen molar-refractivity contribution in [3.8, 4) is 16.9 Å². The maximum absolute atomic E-state index is 11.7. The van der Waals surface area contributed by atoms with E-state index in [4.69, 9.17) is 9.94 Å². The molecule has 126 valence electrons.